The quantitative estimate of drug-likeness (QED) is 0.444. The third-order valence-corrected chi connectivity index (χ3v) is 6.11. The first-order valence-corrected chi connectivity index (χ1v) is 11.1. The highest BCUT2D eigenvalue weighted by Gasteiger charge is 2.34. The zero-order valence-corrected chi connectivity index (χ0v) is 19.9. The molecule has 0 atom stereocenters. The number of hydrogen-bond donors (Lipinski definition) is 0. The van der Waals surface area contributed by atoms with Crippen molar-refractivity contribution in [1.29, 1.82) is 5.26 Å². The van der Waals surface area contributed by atoms with E-state index in [2.05, 4.69) is 71.3 Å². The number of hydrogen-bond acceptors (Lipinski definition) is 3. The van der Waals surface area contributed by atoms with Crippen molar-refractivity contribution in [1.82, 2.24) is 9.80 Å². The predicted molar refractivity (Wildman–Crippen MR) is 122 cm³/mol. The van der Waals surface area contributed by atoms with E-state index in [1.54, 1.807) is 0 Å². The molecule has 4 heteroatoms. The normalized spacial score (nSPS) is 12.8. The molecule has 0 aliphatic heterocycles. The van der Waals surface area contributed by atoms with Crippen LogP contribution in [0.4, 0.5) is 0 Å². The van der Waals surface area contributed by atoms with E-state index in [-0.39, 0.29) is 0 Å². The second-order valence-corrected chi connectivity index (χ2v) is 9.49. The van der Waals surface area contributed by atoms with Gasteiger partial charge in [-0.25, -0.2) is 0 Å². The Morgan fingerprint density at radius 3 is 1.43 bits per heavy atom. The maximum absolute atomic E-state index is 10.4. The molecule has 0 saturated carbocycles. The number of nitrogens with zero attached hydrogens (tertiary/aromatic N) is 3. The van der Waals surface area contributed by atoms with Crippen LogP contribution in [0.2, 0.25) is 5.02 Å². The van der Waals surface area contributed by atoms with Crippen molar-refractivity contribution < 1.29 is 0 Å². The molecule has 0 amide bonds. The summed E-state index contributed by atoms with van der Waals surface area (Å²) in [7, 11) is 0. The summed E-state index contributed by atoms with van der Waals surface area (Å²) in [5, 5.41) is 11.1. The Morgan fingerprint density at radius 1 is 0.786 bits per heavy atom. The van der Waals surface area contributed by atoms with E-state index >= 15 is 0 Å². The van der Waals surface area contributed by atoms with Gasteiger partial charge >= 0.3 is 0 Å². The average Bonchev–Trinajstić information content (AvgIpc) is 2.60. The molecule has 28 heavy (non-hydrogen) atoms. The Morgan fingerprint density at radius 2 is 1.14 bits per heavy atom. The van der Waals surface area contributed by atoms with E-state index in [4.69, 9.17) is 11.6 Å². The van der Waals surface area contributed by atoms with Crippen molar-refractivity contribution in [2.24, 2.45) is 0 Å². The fraction of sp³-hybridized carbons (Fsp3) is 0.708. The molecule has 0 N–H and O–H groups in total. The molecular formula is C24H40ClN3. The second-order valence-electron chi connectivity index (χ2n) is 9.05. The van der Waals surface area contributed by atoms with Crippen LogP contribution in [0.25, 0.3) is 0 Å². The molecule has 0 unspecified atom stereocenters. The first-order valence-electron chi connectivity index (χ1n) is 10.7. The minimum absolute atomic E-state index is 0.462. The summed E-state index contributed by atoms with van der Waals surface area (Å²) in [6.07, 6.45) is 1.65. The molecule has 1 rings (SSSR count). The van der Waals surface area contributed by atoms with E-state index in [1.807, 2.05) is 24.3 Å². The van der Waals surface area contributed by atoms with Gasteiger partial charge in [0.15, 0.2) is 0 Å². The maximum Gasteiger partial charge on any atom is 0.0846 e. The molecule has 3 nitrogen and oxygen atoms in total. The molecule has 0 fully saturated rings. The van der Waals surface area contributed by atoms with Crippen LogP contribution in [0.5, 0.6) is 0 Å². The SMILES string of the molecule is CC(C)N(CCC(C#N)(CCN(C(C)C)C(C)C)c1ccc(Cl)cc1)C(C)C. The predicted octanol–water partition coefficient (Wildman–Crippen LogP) is 6.12. The first-order chi connectivity index (χ1) is 13.0. The Balaban J connectivity index is 3.17. The number of benzene rings is 1. The second kappa shape index (κ2) is 11.2. The number of rotatable bonds is 11. The lowest BCUT2D eigenvalue weighted by Gasteiger charge is -2.37. The summed E-state index contributed by atoms with van der Waals surface area (Å²) < 4.78 is 0. The van der Waals surface area contributed by atoms with Crippen LogP contribution in [0, 0.1) is 11.3 Å². The van der Waals surface area contributed by atoms with Gasteiger partial charge in [-0.15, -0.1) is 0 Å². The third kappa shape index (κ3) is 6.76. The van der Waals surface area contributed by atoms with Crippen LogP contribution in [-0.2, 0) is 5.41 Å². The summed E-state index contributed by atoms with van der Waals surface area (Å²) in [6.45, 7) is 19.7. The summed E-state index contributed by atoms with van der Waals surface area (Å²) in [5.41, 5.74) is 0.577. The summed E-state index contributed by atoms with van der Waals surface area (Å²) >= 11 is 6.13. The molecule has 1 aromatic carbocycles. The molecule has 0 aliphatic carbocycles. The van der Waals surface area contributed by atoms with Crippen molar-refractivity contribution in [3.8, 4) is 6.07 Å². The Kier molecular flexibility index (Phi) is 9.98. The zero-order chi connectivity index (χ0) is 21.5. The molecule has 0 aromatic heterocycles. The van der Waals surface area contributed by atoms with Crippen molar-refractivity contribution in [2.75, 3.05) is 13.1 Å². The highest BCUT2D eigenvalue weighted by Crippen LogP contribution is 2.34. The van der Waals surface area contributed by atoms with E-state index in [1.165, 1.54) is 0 Å². The lowest BCUT2D eigenvalue weighted by molar-refractivity contribution is 0.143. The summed E-state index contributed by atoms with van der Waals surface area (Å²) in [6, 6.07) is 12.5. The van der Waals surface area contributed by atoms with Crippen molar-refractivity contribution in [3.63, 3.8) is 0 Å². The first kappa shape index (κ1) is 25.0. The smallest absolute Gasteiger partial charge is 0.0846 e. The molecule has 1 aromatic rings. The number of halogens is 1. The van der Waals surface area contributed by atoms with Gasteiger partial charge in [0.2, 0.25) is 0 Å². The van der Waals surface area contributed by atoms with Crippen LogP contribution in [0.3, 0.4) is 0 Å². The zero-order valence-electron chi connectivity index (χ0n) is 19.2. The van der Waals surface area contributed by atoms with Gasteiger partial charge in [-0.05, 0) is 85.9 Å². The van der Waals surface area contributed by atoms with E-state index in [9.17, 15) is 5.26 Å². The van der Waals surface area contributed by atoms with Crippen LogP contribution < -0.4 is 0 Å². The Labute approximate surface area is 178 Å². The van der Waals surface area contributed by atoms with Crippen molar-refractivity contribution >= 4 is 11.6 Å². The van der Waals surface area contributed by atoms with E-state index in [0.29, 0.717) is 29.2 Å². The standard InChI is InChI=1S/C24H40ClN3/c1-18(2)27(19(3)4)15-13-24(17-26,22-9-11-23(25)12-10-22)14-16-28(20(5)6)21(7)8/h9-12,18-21H,13-16H2,1-8H3. The monoisotopic (exact) mass is 405 g/mol. The molecule has 0 aliphatic rings. The van der Waals surface area contributed by atoms with Crippen LogP contribution >= 0.6 is 11.6 Å². The van der Waals surface area contributed by atoms with Gasteiger partial charge in [-0.2, -0.15) is 5.26 Å². The lowest BCUT2D eigenvalue weighted by atomic mass is 9.75. The number of nitriles is 1. The minimum atomic E-state index is -0.505. The van der Waals surface area contributed by atoms with Crippen LogP contribution in [0.15, 0.2) is 24.3 Å². The average molecular weight is 406 g/mol. The summed E-state index contributed by atoms with van der Waals surface area (Å²) in [4.78, 5) is 4.95. The van der Waals surface area contributed by atoms with Crippen molar-refractivity contribution in [3.05, 3.63) is 34.9 Å². The molecule has 0 saturated heterocycles. The highest BCUT2D eigenvalue weighted by molar-refractivity contribution is 6.30. The molecule has 0 bridgehead atoms. The lowest BCUT2D eigenvalue weighted by Crippen LogP contribution is -2.43. The van der Waals surface area contributed by atoms with Gasteiger partial charge < -0.3 is 0 Å². The van der Waals surface area contributed by atoms with E-state index < -0.39 is 5.41 Å². The van der Waals surface area contributed by atoms with Crippen LogP contribution in [-0.4, -0.2) is 47.1 Å². The molecule has 0 heterocycles. The maximum atomic E-state index is 10.4. The minimum Gasteiger partial charge on any atom is -0.298 e. The van der Waals surface area contributed by atoms with Gasteiger partial charge in [-0.3, -0.25) is 9.80 Å². The molecular weight excluding hydrogens is 366 g/mol. The third-order valence-electron chi connectivity index (χ3n) is 5.86. The van der Waals surface area contributed by atoms with Gasteiger partial charge in [0.25, 0.3) is 0 Å². The van der Waals surface area contributed by atoms with Crippen LogP contribution in [0.1, 0.15) is 73.8 Å². The van der Waals surface area contributed by atoms with Gasteiger partial charge in [-0.1, -0.05) is 23.7 Å². The molecule has 158 valence electrons. The Hall–Kier alpha value is -1.08. The van der Waals surface area contributed by atoms with Gasteiger partial charge in [0, 0.05) is 42.3 Å². The largest absolute Gasteiger partial charge is 0.298 e. The highest BCUT2D eigenvalue weighted by atomic mass is 35.5. The van der Waals surface area contributed by atoms with E-state index in [0.717, 1.165) is 31.5 Å². The molecule has 0 radical (unpaired) electrons. The fourth-order valence-electron chi connectivity index (χ4n) is 4.22. The topological polar surface area (TPSA) is 30.3 Å². The Bertz CT molecular complexity index is 574. The van der Waals surface area contributed by atoms with Gasteiger partial charge in [0.1, 0.15) is 0 Å². The fourth-order valence-corrected chi connectivity index (χ4v) is 4.35. The summed E-state index contributed by atoms with van der Waals surface area (Å²) in [5.74, 6) is 0. The molecule has 0 spiro atoms. The van der Waals surface area contributed by atoms with Gasteiger partial charge in [0.05, 0.1) is 11.5 Å². The van der Waals surface area contributed by atoms with Crippen molar-refractivity contribution in [2.45, 2.75) is 97.8 Å².